The Morgan fingerprint density at radius 3 is 2.61 bits per heavy atom. The fraction of sp³-hybridized carbons (Fsp3) is 0.353. The van der Waals surface area contributed by atoms with Crippen LogP contribution in [0.3, 0.4) is 0 Å². The number of rotatable bonds is 3. The Labute approximate surface area is 132 Å². The molecule has 1 aliphatic heterocycles. The van der Waals surface area contributed by atoms with Gasteiger partial charge in [-0.25, -0.2) is 0 Å². The van der Waals surface area contributed by atoms with Crippen molar-refractivity contribution in [2.24, 2.45) is 5.92 Å². The van der Waals surface area contributed by atoms with Crippen molar-refractivity contribution in [2.75, 3.05) is 13.1 Å². The van der Waals surface area contributed by atoms with Crippen LogP contribution in [0.4, 0.5) is 0 Å². The lowest BCUT2D eigenvalue weighted by Gasteiger charge is -2.31. The van der Waals surface area contributed by atoms with E-state index in [4.69, 9.17) is 5.11 Å². The van der Waals surface area contributed by atoms with Crippen LogP contribution in [0.1, 0.15) is 29.6 Å². The lowest BCUT2D eigenvalue weighted by molar-refractivity contribution is -0.138. The summed E-state index contributed by atoms with van der Waals surface area (Å²) in [6.45, 7) is 1.05. The number of benzene rings is 1. The number of pyridine rings is 1. The van der Waals surface area contributed by atoms with Crippen molar-refractivity contribution < 1.29 is 14.7 Å². The molecule has 0 saturated carbocycles. The number of para-hydroxylation sites is 1. The lowest BCUT2D eigenvalue weighted by Crippen LogP contribution is -2.39. The van der Waals surface area contributed by atoms with Crippen molar-refractivity contribution in [1.29, 1.82) is 0 Å². The van der Waals surface area contributed by atoms with Crippen LogP contribution in [0.5, 0.6) is 0 Å². The molecule has 0 radical (unpaired) electrons. The summed E-state index contributed by atoms with van der Waals surface area (Å²) in [5, 5.41) is 9.58. The molecule has 6 nitrogen and oxygen atoms in total. The second-order valence-electron chi connectivity index (χ2n) is 5.93. The van der Waals surface area contributed by atoms with Gasteiger partial charge < -0.3 is 15.0 Å². The first kappa shape index (κ1) is 15.3. The van der Waals surface area contributed by atoms with Crippen molar-refractivity contribution in [3.8, 4) is 0 Å². The number of fused-ring (bicyclic) bond motifs is 1. The molecule has 1 aliphatic rings. The molecule has 0 atom stereocenters. The summed E-state index contributed by atoms with van der Waals surface area (Å²) >= 11 is 0. The molecule has 23 heavy (non-hydrogen) atoms. The van der Waals surface area contributed by atoms with E-state index in [9.17, 15) is 14.4 Å². The molecule has 6 heteroatoms. The van der Waals surface area contributed by atoms with Crippen molar-refractivity contribution in [3.05, 3.63) is 46.2 Å². The second-order valence-corrected chi connectivity index (χ2v) is 5.93. The first-order valence-corrected chi connectivity index (χ1v) is 7.68. The third kappa shape index (κ3) is 3.26. The standard InChI is InChI=1S/C17H18N2O4/c20-15-10-13(12-3-1-2-4-14(12)18-15)17(23)19-7-5-11(6-8-19)9-16(21)22/h1-4,10-11H,5-9H2,(H,18,20)(H,21,22). The van der Waals surface area contributed by atoms with Gasteiger partial charge in [-0.1, -0.05) is 18.2 Å². The molecule has 0 aliphatic carbocycles. The molecule has 1 saturated heterocycles. The van der Waals surface area contributed by atoms with Crippen LogP contribution >= 0.6 is 0 Å². The number of hydrogen-bond donors (Lipinski definition) is 2. The summed E-state index contributed by atoms with van der Waals surface area (Å²) in [4.78, 5) is 39.7. The van der Waals surface area contributed by atoms with E-state index in [1.165, 1.54) is 6.07 Å². The highest BCUT2D eigenvalue weighted by Gasteiger charge is 2.26. The van der Waals surface area contributed by atoms with Gasteiger partial charge in [0.25, 0.3) is 5.91 Å². The van der Waals surface area contributed by atoms with Gasteiger partial charge >= 0.3 is 5.97 Å². The van der Waals surface area contributed by atoms with Crippen LogP contribution in [0.2, 0.25) is 0 Å². The molecule has 3 rings (SSSR count). The highest BCUT2D eigenvalue weighted by molar-refractivity contribution is 6.05. The van der Waals surface area contributed by atoms with E-state index in [-0.39, 0.29) is 23.8 Å². The highest BCUT2D eigenvalue weighted by atomic mass is 16.4. The fourth-order valence-corrected chi connectivity index (χ4v) is 3.14. The van der Waals surface area contributed by atoms with Gasteiger partial charge in [0.05, 0.1) is 5.56 Å². The Morgan fingerprint density at radius 2 is 1.91 bits per heavy atom. The number of H-pyrrole nitrogens is 1. The largest absolute Gasteiger partial charge is 0.481 e. The molecule has 0 spiro atoms. The maximum Gasteiger partial charge on any atom is 0.303 e. The molecule has 2 aromatic rings. The molecular formula is C17H18N2O4. The van der Waals surface area contributed by atoms with E-state index < -0.39 is 5.97 Å². The minimum absolute atomic E-state index is 0.118. The van der Waals surface area contributed by atoms with Gasteiger partial charge in [0.1, 0.15) is 0 Å². The summed E-state index contributed by atoms with van der Waals surface area (Å²) in [6, 6.07) is 8.57. The normalized spacial score (nSPS) is 15.7. The van der Waals surface area contributed by atoms with E-state index in [1.54, 1.807) is 11.0 Å². The zero-order valence-corrected chi connectivity index (χ0v) is 12.6. The Hall–Kier alpha value is -2.63. The first-order chi connectivity index (χ1) is 11.0. The number of aliphatic carboxylic acids is 1. The molecule has 1 amide bonds. The zero-order chi connectivity index (χ0) is 16.4. The number of hydrogen-bond acceptors (Lipinski definition) is 3. The minimum Gasteiger partial charge on any atom is -0.481 e. The predicted molar refractivity (Wildman–Crippen MR) is 85.4 cm³/mol. The number of likely N-dealkylation sites (tertiary alicyclic amines) is 1. The average Bonchev–Trinajstić information content (AvgIpc) is 2.53. The molecule has 2 heterocycles. The highest BCUT2D eigenvalue weighted by Crippen LogP contribution is 2.23. The van der Waals surface area contributed by atoms with Crippen molar-refractivity contribution >= 4 is 22.8 Å². The molecule has 0 bridgehead atoms. The number of nitrogens with one attached hydrogen (secondary N) is 1. The number of piperidine rings is 1. The molecule has 1 fully saturated rings. The summed E-state index contributed by atoms with van der Waals surface area (Å²) in [7, 11) is 0. The van der Waals surface area contributed by atoms with Gasteiger partial charge in [-0.3, -0.25) is 14.4 Å². The van der Waals surface area contributed by atoms with Crippen LogP contribution in [-0.4, -0.2) is 40.0 Å². The number of carboxylic acids is 1. The van der Waals surface area contributed by atoms with Gasteiger partial charge in [0, 0.05) is 36.5 Å². The van der Waals surface area contributed by atoms with Crippen LogP contribution in [-0.2, 0) is 4.79 Å². The van der Waals surface area contributed by atoms with E-state index in [1.807, 2.05) is 18.2 Å². The van der Waals surface area contributed by atoms with Crippen molar-refractivity contribution in [2.45, 2.75) is 19.3 Å². The molecule has 2 N–H and O–H groups in total. The van der Waals surface area contributed by atoms with Gasteiger partial charge in [0.15, 0.2) is 0 Å². The molecular weight excluding hydrogens is 296 g/mol. The lowest BCUT2D eigenvalue weighted by atomic mass is 9.93. The fourth-order valence-electron chi connectivity index (χ4n) is 3.14. The monoisotopic (exact) mass is 314 g/mol. The van der Waals surface area contributed by atoms with E-state index in [0.29, 0.717) is 37.0 Å². The Bertz CT molecular complexity index is 804. The van der Waals surface area contributed by atoms with E-state index >= 15 is 0 Å². The number of carboxylic acid groups (broad SMARTS) is 1. The van der Waals surface area contributed by atoms with E-state index in [0.717, 1.165) is 5.39 Å². The summed E-state index contributed by atoms with van der Waals surface area (Å²) in [6.07, 6.45) is 1.51. The van der Waals surface area contributed by atoms with Gasteiger partial charge in [-0.2, -0.15) is 0 Å². The number of carbonyl (C=O) groups is 2. The third-order valence-electron chi connectivity index (χ3n) is 4.35. The molecule has 120 valence electrons. The van der Waals surface area contributed by atoms with Gasteiger partial charge in [0.2, 0.25) is 5.56 Å². The Kier molecular flexibility index (Phi) is 4.14. The molecule has 1 aromatic heterocycles. The zero-order valence-electron chi connectivity index (χ0n) is 12.6. The van der Waals surface area contributed by atoms with Crippen LogP contribution < -0.4 is 5.56 Å². The van der Waals surface area contributed by atoms with E-state index in [2.05, 4.69) is 4.98 Å². The SMILES string of the molecule is O=C(O)CC1CCN(C(=O)c2cc(=O)[nH]c3ccccc23)CC1. The minimum atomic E-state index is -0.796. The maximum atomic E-state index is 12.8. The third-order valence-corrected chi connectivity index (χ3v) is 4.35. The molecule has 0 unspecified atom stereocenters. The summed E-state index contributed by atoms with van der Waals surface area (Å²) in [5.41, 5.74) is 0.748. The van der Waals surface area contributed by atoms with Crippen LogP contribution in [0, 0.1) is 5.92 Å². The van der Waals surface area contributed by atoms with Crippen molar-refractivity contribution in [3.63, 3.8) is 0 Å². The van der Waals surface area contributed by atoms with Crippen LogP contribution in [0.15, 0.2) is 35.1 Å². The summed E-state index contributed by atoms with van der Waals surface area (Å²) in [5.74, 6) is -0.844. The number of aromatic nitrogens is 1. The number of amides is 1. The Balaban J connectivity index is 1.82. The maximum absolute atomic E-state index is 12.8. The van der Waals surface area contributed by atoms with Gasteiger partial charge in [-0.05, 0) is 24.8 Å². The number of aromatic amines is 1. The van der Waals surface area contributed by atoms with Crippen LogP contribution in [0.25, 0.3) is 10.9 Å². The smallest absolute Gasteiger partial charge is 0.303 e. The van der Waals surface area contributed by atoms with Crippen molar-refractivity contribution in [1.82, 2.24) is 9.88 Å². The first-order valence-electron chi connectivity index (χ1n) is 7.68. The molecule has 1 aromatic carbocycles. The van der Waals surface area contributed by atoms with Gasteiger partial charge in [-0.15, -0.1) is 0 Å². The predicted octanol–water partition coefficient (Wildman–Crippen LogP) is 1.85. The number of carbonyl (C=O) groups excluding carboxylic acids is 1. The second kappa shape index (κ2) is 6.24. The number of nitrogens with zero attached hydrogens (tertiary/aromatic N) is 1. The average molecular weight is 314 g/mol. The Morgan fingerprint density at radius 1 is 1.22 bits per heavy atom. The topological polar surface area (TPSA) is 90.5 Å². The quantitative estimate of drug-likeness (QED) is 0.904. The summed E-state index contributed by atoms with van der Waals surface area (Å²) < 4.78 is 0.